The molecule has 0 rings (SSSR count). The second-order valence-corrected chi connectivity index (χ2v) is 2.28. The van der Waals surface area contributed by atoms with E-state index in [0.717, 1.165) is 0 Å². The molecule has 0 saturated carbocycles. The third-order valence-corrected chi connectivity index (χ3v) is 1.24. The SMILES string of the molecule is NC(F)(F)C(F)(C(F)(F)F)C(F)(F)F. The molecular formula is C4H2F9N. The zero-order valence-electron chi connectivity index (χ0n) is 5.98. The van der Waals surface area contributed by atoms with Gasteiger partial charge in [0.25, 0.3) is 0 Å². The van der Waals surface area contributed by atoms with Gasteiger partial charge in [-0.1, -0.05) is 0 Å². The van der Waals surface area contributed by atoms with E-state index in [1.807, 2.05) is 0 Å². The normalized spacial score (nSPS) is 15.9. The maximum atomic E-state index is 12.2. The van der Waals surface area contributed by atoms with E-state index in [-0.39, 0.29) is 0 Å². The van der Waals surface area contributed by atoms with Crippen molar-refractivity contribution in [2.45, 2.75) is 24.1 Å². The summed E-state index contributed by atoms with van der Waals surface area (Å²) in [6, 6.07) is -6.09. The van der Waals surface area contributed by atoms with Crippen molar-refractivity contribution in [2.75, 3.05) is 0 Å². The third-order valence-electron chi connectivity index (χ3n) is 1.24. The molecule has 0 aromatic heterocycles. The number of rotatable bonds is 1. The molecule has 0 aliphatic heterocycles. The van der Waals surface area contributed by atoms with Crippen molar-refractivity contribution in [3.8, 4) is 0 Å². The molecule has 0 radical (unpaired) electrons. The van der Waals surface area contributed by atoms with Crippen molar-refractivity contribution in [2.24, 2.45) is 5.73 Å². The molecule has 0 bridgehead atoms. The zero-order chi connectivity index (χ0) is 12.0. The molecule has 0 saturated heterocycles. The maximum absolute atomic E-state index is 12.2. The minimum Gasteiger partial charge on any atom is -0.269 e. The largest absolute Gasteiger partial charge is 0.439 e. The predicted octanol–water partition coefficient (Wildman–Crippen LogP) is 2.37. The summed E-state index contributed by atoms with van der Waals surface area (Å²) in [4.78, 5) is 0. The van der Waals surface area contributed by atoms with Crippen molar-refractivity contribution in [1.29, 1.82) is 0 Å². The first-order valence-electron chi connectivity index (χ1n) is 2.74. The van der Waals surface area contributed by atoms with E-state index in [4.69, 9.17) is 0 Å². The molecule has 0 aliphatic rings. The second-order valence-electron chi connectivity index (χ2n) is 2.28. The van der Waals surface area contributed by atoms with E-state index in [1.165, 1.54) is 0 Å². The van der Waals surface area contributed by atoms with Crippen molar-refractivity contribution in [3.63, 3.8) is 0 Å². The van der Waals surface area contributed by atoms with Crippen LogP contribution in [-0.4, -0.2) is 24.1 Å². The van der Waals surface area contributed by atoms with Gasteiger partial charge in [-0.05, 0) is 0 Å². The van der Waals surface area contributed by atoms with Gasteiger partial charge in [0.2, 0.25) is 0 Å². The summed E-state index contributed by atoms with van der Waals surface area (Å²) >= 11 is 0. The molecular weight excluding hydrogens is 233 g/mol. The highest BCUT2D eigenvalue weighted by Gasteiger charge is 2.83. The Bertz CT molecular complexity index is 170. The van der Waals surface area contributed by atoms with Gasteiger partial charge in [-0.25, -0.2) is 4.39 Å². The van der Waals surface area contributed by atoms with Crippen LogP contribution in [0.4, 0.5) is 39.5 Å². The molecule has 0 atom stereocenters. The lowest BCUT2D eigenvalue weighted by atomic mass is 10.0. The van der Waals surface area contributed by atoms with Crippen LogP contribution in [0.2, 0.25) is 0 Å². The van der Waals surface area contributed by atoms with E-state index in [0.29, 0.717) is 0 Å². The van der Waals surface area contributed by atoms with Crippen molar-refractivity contribution in [1.82, 2.24) is 0 Å². The lowest BCUT2D eigenvalue weighted by Crippen LogP contribution is -2.67. The summed E-state index contributed by atoms with van der Waals surface area (Å²) in [5.74, 6) is 0. The van der Waals surface area contributed by atoms with Crippen LogP contribution in [0.15, 0.2) is 0 Å². The fourth-order valence-electron chi connectivity index (χ4n) is 0.539. The van der Waals surface area contributed by atoms with E-state index in [2.05, 4.69) is 5.73 Å². The molecule has 0 amide bonds. The molecule has 0 heterocycles. The lowest BCUT2D eigenvalue weighted by Gasteiger charge is -2.33. The summed E-state index contributed by atoms with van der Waals surface area (Å²) in [6.45, 7) is 0. The molecule has 0 aliphatic carbocycles. The van der Waals surface area contributed by atoms with Crippen LogP contribution < -0.4 is 5.73 Å². The molecule has 14 heavy (non-hydrogen) atoms. The molecule has 1 nitrogen and oxygen atoms in total. The van der Waals surface area contributed by atoms with Crippen molar-refractivity contribution >= 4 is 0 Å². The van der Waals surface area contributed by atoms with Crippen LogP contribution in [0, 0.1) is 0 Å². The summed E-state index contributed by atoms with van der Waals surface area (Å²) < 4.78 is 104. The van der Waals surface area contributed by atoms with Crippen LogP contribution in [-0.2, 0) is 0 Å². The van der Waals surface area contributed by atoms with E-state index in [9.17, 15) is 39.5 Å². The van der Waals surface area contributed by atoms with Gasteiger partial charge in [-0.15, -0.1) is 0 Å². The van der Waals surface area contributed by atoms with Gasteiger partial charge < -0.3 is 0 Å². The summed E-state index contributed by atoms with van der Waals surface area (Å²) in [5.41, 5.74) is -3.51. The Hall–Kier alpha value is -0.670. The van der Waals surface area contributed by atoms with Gasteiger partial charge in [-0.3, -0.25) is 5.73 Å². The standard InChI is InChI=1S/C4H2F9N/c5-1(2(6,7)8,3(9,10)11)4(12,13)14/h14H2. The Balaban J connectivity index is 5.54. The predicted molar refractivity (Wildman–Crippen MR) is 25.1 cm³/mol. The molecule has 0 aromatic rings. The van der Waals surface area contributed by atoms with Crippen LogP contribution in [0.5, 0.6) is 0 Å². The summed E-state index contributed by atoms with van der Waals surface area (Å²) in [7, 11) is 0. The molecule has 86 valence electrons. The third kappa shape index (κ3) is 1.74. The Morgan fingerprint density at radius 2 is 0.786 bits per heavy atom. The van der Waals surface area contributed by atoms with Gasteiger partial charge in [0, 0.05) is 0 Å². The highest BCUT2D eigenvalue weighted by Crippen LogP contribution is 2.52. The van der Waals surface area contributed by atoms with Gasteiger partial charge in [-0.2, -0.15) is 35.1 Å². The average molecular weight is 235 g/mol. The average Bonchev–Trinajstić information content (AvgIpc) is 1.77. The Kier molecular flexibility index (Phi) is 2.77. The topological polar surface area (TPSA) is 26.0 Å². The number of hydrogen-bond acceptors (Lipinski definition) is 1. The smallest absolute Gasteiger partial charge is 0.269 e. The number of hydrogen-bond donors (Lipinski definition) is 1. The van der Waals surface area contributed by atoms with E-state index >= 15 is 0 Å². The quantitative estimate of drug-likeness (QED) is 0.548. The molecule has 2 N–H and O–H groups in total. The van der Waals surface area contributed by atoms with Crippen molar-refractivity contribution in [3.05, 3.63) is 0 Å². The molecule has 0 spiro atoms. The second kappa shape index (κ2) is 2.91. The Morgan fingerprint density at radius 3 is 0.786 bits per heavy atom. The summed E-state index contributed by atoms with van der Waals surface area (Å²) in [6.07, 6.45) is -13.7. The first-order valence-corrected chi connectivity index (χ1v) is 2.74. The van der Waals surface area contributed by atoms with Gasteiger partial charge in [0.15, 0.2) is 0 Å². The van der Waals surface area contributed by atoms with E-state index < -0.39 is 24.1 Å². The fraction of sp³-hybridized carbons (Fsp3) is 1.00. The lowest BCUT2D eigenvalue weighted by molar-refractivity contribution is -0.395. The molecule has 0 fully saturated rings. The molecule has 0 aromatic carbocycles. The number of halogens is 9. The van der Waals surface area contributed by atoms with Gasteiger partial charge in [0.1, 0.15) is 0 Å². The van der Waals surface area contributed by atoms with Gasteiger partial charge in [0.05, 0.1) is 0 Å². The maximum Gasteiger partial charge on any atom is 0.439 e. The molecule has 0 unspecified atom stereocenters. The Labute approximate surface area is 70.7 Å². The van der Waals surface area contributed by atoms with E-state index in [1.54, 1.807) is 0 Å². The fourth-order valence-corrected chi connectivity index (χ4v) is 0.539. The zero-order valence-corrected chi connectivity index (χ0v) is 5.98. The highest BCUT2D eigenvalue weighted by atomic mass is 19.4. The highest BCUT2D eigenvalue weighted by molar-refractivity contribution is 5.02. The number of alkyl halides is 9. The first-order chi connectivity index (χ1) is 5.75. The number of nitrogens with two attached hydrogens (primary N) is 1. The van der Waals surface area contributed by atoms with Crippen LogP contribution >= 0.6 is 0 Å². The minimum atomic E-state index is -6.84. The Morgan fingerprint density at radius 1 is 0.571 bits per heavy atom. The molecule has 10 heteroatoms. The monoisotopic (exact) mass is 235 g/mol. The summed E-state index contributed by atoms with van der Waals surface area (Å²) in [5, 5.41) is 0. The van der Waals surface area contributed by atoms with Crippen molar-refractivity contribution < 1.29 is 39.5 Å². The minimum absolute atomic E-state index is 3.24. The first kappa shape index (κ1) is 13.3. The van der Waals surface area contributed by atoms with Gasteiger partial charge >= 0.3 is 24.1 Å². The van der Waals surface area contributed by atoms with Crippen LogP contribution in [0.25, 0.3) is 0 Å². The van der Waals surface area contributed by atoms with Crippen LogP contribution in [0.3, 0.4) is 0 Å². The van der Waals surface area contributed by atoms with Crippen LogP contribution in [0.1, 0.15) is 0 Å².